The fourth-order valence-corrected chi connectivity index (χ4v) is 3.03. The van der Waals surface area contributed by atoms with E-state index in [-0.39, 0.29) is 30.4 Å². The summed E-state index contributed by atoms with van der Waals surface area (Å²) in [5, 5.41) is 3.12. The Hall–Kier alpha value is -2.08. The number of rotatable bonds is 2. The maximum atomic E-state index is 12.4. The van der Waals surface area contributed by atoms with Crippen molar-refractivity contribution in [2.45, 2.75) is 18.9 Å². The van der Waals surface area contributed by atoms with Gasteiger partial charge in [0.25, 0.3) is 5.91 Å². The number of nitrogens with zero attached hydrogens (tertiary/aromatic N) is 2. The van der Waals surface area contributed by atoms with E-state index in [2.05, 4.69) is 5.32 Å². The monoisotopic (exact) mass is 321 g/mol. The van der Waals surface area contributed by atoms with Crippen LogP contribution < -0.4 is 5.32 Å². The normalized spacial score (nSPS) is 19.5. The molecular formula is C15H16ClN3O3. The van der Waals surface area contributed by atoms with E-state index >= 15 is 0 Å². The first kappa shape index (κ1) is 14.8. The predicted molar refractivity (Wildman–Crippen MR) is 80.6 cm³/mol. The van der Waals surface area contributed by atoms with Crippen molar-refractivity contribution in [3.05, 3.63) is 34.9 Å². The molecule has 0 saturated carbocycles. The number of hydrogen-bond donors (Lipinski definition) is 1. The summed E-state index contributed by atoms with van der Waals surface area (Å²) in [4.78, 5) is 38.8. The van der Waals surface area contributed by atoms with Crippen LogP contribution in [0, 0.1) is 0 Å². The maximum Gasteiger partial charge on any atom is 0.324 e. The highest BCUT2D eigenvalue weighted by molar-refractivity contribution is 6.30. The molecule has 7 heteroatoms. The molecule has 1 N–H and O–H groups in total. The van der Waals surface area contributed by atoms with Crippen LogP contribution in [0.2, 0.25) is 5.02 Å². The van der Waals surface area contributed by atoms with Crippen LogP contribution in [-0.2, 0) is 4.79 Å². The number of carbonyl (C=O) groups is 3. The first-order chi connectivity index (χ1) is 10.6. The second-order valence-corrected chi connectivity index (χ2v) is 5.89. The van der Waals surface area contributed by atoms with E-state index in [4.69, 9.17) is 11.6 Å². The lowest BCUT2D eigenvalue weighted by Gasteiger charge is -2.35. The Morgan fingerprint density at radius 1 is 1.14 bits per heavy atom. The van der Waals surface area contributed by atoms with Gasteiger partial charge in [0.1, 0.15) is 0 Å². The molecule has 0 unspecified atom stereocenters. The number of imide groups is 1. The minimum atomic E-state index is -0.326. The van der Waals surface area contributed by atoms with Crippen LogP contribution >= 0.6 is 11.6 Å². The molecule has 22 heavy (non-hydrogen) atoms. The molecule has 4 amide bonds. The molecular weight excluding hydrogens is 306 g/mol. The number of hydrogen-bond acceptors (Lipinski definition) is 3. The van der Waals surface area contributed by atoms with E-state index < -0.39 is 0 Å². The van der Waals surface area contributed by atoms with Gasteiger partial charge >= 0.3 is 6.03 Å². The number of piperidine rings is 1. The molecule has 1 aromatic rings. The second kappa shape index (κ2) is 5.96. The van der Waals surface area contributed by atoms with Crippen LogP contribution in [0.25, 0.3) is 0 Å². The molecule has 2 aliphatic heterocycles. The molecule has 0 spiro atoms. The molecule has 1 aromatic carbocycles. The lowest BCUT2D eigenvalue weighted by atomic mass is 10.0. The highest BCUT2D eigenvalue weighted by Gasteiger charge is 2.37. The van der Waals surface area contributed by atoms with Crippen LogP contribution in [0.3, 0.4) is 0 Å². The molecule has 0 radical (unpaired) electrons. The third kappa shape index (κ3) is 2.78. The fraction of sp³-hybridized carbons (Fsp3) is 0.400. The highest BCUT2D eigenvalue weighted by atomic mass is 35.5. The molecule has 0 aromatic heterocycles. The lowest BCUT2D eigenvalue weighted by molar-refractivity contribution is -0.127. The van der Waals surface area contributed by atoms with Crippen LogP contribution in [0.5, 0.6) is 0 Å². The van der Waals surface area contributed by atoms with Crippen molar-refractivity contribution in [1.29, 1.82) is 0 Å². The number of carbonyl (C=O) groups excluding carboxylic acids is 3. The summed E-state index contributed by atoms with van der Waals surface area (Å²) in [5.41, 5.74) is 0.595. The largest absolute Gasteiger partial charge is 0.338 e. The van der Waals surface area contributed by atoms with Crippen LogP contribution in [0.15, 0.2) is 24.3 Å². The van der Waals surface area contributed by atoms with Gasteiger partial charge in [-0.25, -0.2) is 4.79 Å². The van der Waals surface area contributed by atoms with E-state index in [1.54, 1.807) is 29.2 Å². The van der Waals surface area contributed by atoms with Gasteiger partial charge in [0.15, 0.2) is 0 Å². The van der Waals surface area contributed by atoms with Crippen molar-refractivity contribution < 1.29 is 14.4 Å². The Kier molecular flexibility index (Phi) is 4.02. The number of nitrogens with one attached hydrogen (secondary N) is 1. The number of halogens is 1. The zero-order valence-corrected chi connectivity index (χ0v) is 12.7. The first-order valence-corrected chi connectivity index (χ1v) is 7.59. The highest BCUT2D eigenvalue weighted by Crippen LogP contribution is 2.21. The van der Waals surface area contributed by atoms with E-state index in [9.17, 15) is 14.4 Å². The van der Waals surface area contributed by atoms with Crippen LogP contribution in [0.1, 0.15) is 23.2 Å². The quantitative estimate of drug-likeness (QED) is 0.839. The number of likely N-dealkylation sites (tertiary alicyclic amines) is 1. The van der Waals surface area contributed by atoms with Crippen molar-refractivity contribution in [1.82, 2.24) is 15.1 Å². The van der Waals surface area contributed by atoms with Crippen molar-refractivity contribution in [2.75, 3.05) is 19.6 Å². The van der Waals surface area contributed by atoms with Gasteiger partial charge < -0.3 is 10.2 Å². The topological polar surface area (TPSA) is 69.7 Å². The number of benzene rings is 1. The molecule has 6 nitrogen and oxygen atoms in total. The summed E-state index contributed by atoms with van der Waals surface area (Å²) >= 11 is 5.82. The van der Waals surface area contributed by atoms with Gasteiger partial charge in [-0.2, -0.15) is 0 Å². The molecule has 2 heterocycles. The van der Waals surface area contributed by atoms with Gasteiger partial charge in [-0.05, 0) is 37.1 Å². The Labute approximate surface area is 133 Å². The van der Waals surface area contributed by atoms with Crippen LogP contribution in [0.4, 0.5) is 4.79 Å². The molecule has 3 rings (SSSR count). The Bertz CT molecular complexity index is 593. The fourth-order valence-electron chi connectivity index (χ4n) is 2.91. The van der Waals surface area contributed by atoms with Crippen molar-refractivity contribution in [3.63, 3.8) is 0 Å². The summed E-state index contributed by atoms with van der Waals surface area (Å²) in [7, 11) is 0. The average molecular weight is 322 g/mol. The Balaban J connectivity index is 1.62. The summed E-state index contributed by atoms with van der Waals surface area (Å²) < 4.78 is 0. The van der Waals surface area contributed by atoms with Gasteiger partial charge in [-0.3, -0.25) is 14.5 Å². The minimum Gasteiger partial charge on any atom is -0.338 e. The smallest absolute Gasteiger partial charge is 0.324 e. The minimum absolute atomic E-state index is 0.0488. The van der Waals surface area contributed by atoms with Gasteiger partial charge in [0, 0.05) is 29.7 Å². The average Bonchev–Trinajstić information content (AvgIpc) is 2.86. The summed E-state index contributed by atoms with van der Waals surface area (Å²) in [6.45, 7) is 1.13. The van der Waals surface area contributed by atoms with E-state index in [1.165, 1.54) is 4.90 Å². The number of amides is 4. The van der Waals surface area contributed by atoms with Gasteiger partial charge in [-0.1, -0.05) is 11.6 Å². The molecule has 0 aliphatic carbocycles. The standard InChI is InChI=1S/C15H16ClN3O3/c16-11-3-1-10(2-4-11)14(21)18-7-5-12(6-8-18)19-13(20)9-17-15(19)22/h1-4,12H,5-9H2,(H,17,22). The Morgan fingerprint density at radius 2 is 1.77 bits per heavy atom. The van der Waals surface area contributed by atoms with E-state index in [0.717, 1.165) is 0 Å². The van der Waals surface area contributed by atoms with Crippen molar-refractivity contribution >= 4 is 29.4 Å². The molecule has 0 bridgehead atoms. The van der Waals surface area contributed by atoms with Gasteiger partial charge in [-0.15, -0.1) is 0 Å². The van der Waals surface area contributed by atoms with Crippen LogP contribution in [-0.4, -0.2) is 53.3 Å². The SMILES string of the molecule is O=C(c1ccc(Cl)cc1)N1CCC(N2C(=O)CNC2=O)CC1. The van der Waals surface area contributed by atoms with Gasteiger partial charge in [0.05, 0.1) is 6.54 Å². The maximum absolute atomic E-state index is 12.4. The van der Waals surface area contributed by atoms with Gasteiger partial charge in [0.2, 0.25) is 5.91 Å². The second-order valence-electron chi connectivity index (χ2n) is 5.45. The molecule has 2 fully saturated rings. The molecule has 116 valence electrons. The third-order valence-electron chi connectivity index (χ3n) is 4.09. The van der Waals surface area contributed by atoms with Crippen molar-refractivity contribution in [3.8, 4) is 0 Å². The van der Waals surface area contributed by atoms with E-state index in [1.807, 2.05) is 0 Å². The number of urea groups is 1. The summed E-state index contributed by atoms with van der Waals surface area (Å²) in [6.07, 6.45) is 1.22. The molecule has 2 saturated heterocycles. The summed E-state index contributed by atoms with van der Waals surface area (Å²) in [5.74, 6) is -0.236. The predicted octanol–water partition coefficient (Wildman–Crippen LogP) is 1.50. The first-order valence-electron chi connectivity index (χ1n) is 7.21. The zero-order chi connectivity index (χ0) is 15.7. The van der Waals surface area contributed by atoms with Crippen molar-refractivity contribution in [2.24, 2.45) is 0 Å². The van der Waals surface area contributed by atoms with E-state index in [0.29, 0.717) is 36.5 Å². The molecule has 2 aliphatic rings. The lowest BCUT2D eigenvalue weighted by Crippen LogP contribution is -2.49. The third-order valence-corrected chi connectivity index (χ3v) is 4.34. The zero-order valence-electron chi connectivity index (χ0n) is 11.9. The summed E-state index contributed by atoms with van der Waals surface area (Å²) in [6, 6.07) is 6.34. The molecule has 0 atom stereocenters. The Morgan fingerprint density at radius 3 is 2.32 bits per heavy atom.